The van der Waals surface area contributed by atoms with E-state index in [9.17, 15) is 0 Å². The number of aromatic nitrogens is 3. The highest BCUT2D eigenvalue weighted by Crippen LogP contribution is 2.35. The van der Waals surface area contributed by atoms with Gasteiger partial charge in [-0.3, -0.25) is 0 Å². The number of fused-ring (bicyclic) bond motifs is 1. The minimum Gasteiger partial charge on any atom is -0.307 e. The molecule has 2 aromatic heterocycles. The van der Waals surface area contributed by atoms with E-state index >= 15 is 0 Å². The van der Waals surface area contributed by atoms with Crippen LogP contribution < -0.4 is 5.32 Å². The lowest BCUT2D eigenvalue weighted by Crippen LogP contribution is -2.20. The first-order valence-corrected chi connectivity index (χ1v) is 8.32. The maximum Gasteiger partial charge on any atom is 0.0856 e. The number of aryl methyl sites for hydroxylation is 3. The molecule has 0 fully saturated rings. The monoisotopic (exact) mass is 290 g/mol. The van der Waals surface area contributed by atoms with Gasteiger partial charge in [0.15, 0.2) is 0 Å². The van der Waals surface area contributed by atoms with Crippen molar-refractivity contribution in [2.75, 3.05) is 7.05 Å². The molecule has 1 atom stereocenters. The Hall–Kier alpha value is -1.20. The van der Waals surface area contributed by atoms with Crippen LogP contribution in [0, 0.1) is 0 Å². The van der Waals surface area contributed by atoms with E-state index in [0.29, 0.717) is 0 Å². The second-order valence-electron chi connectivity index (χ2n) is 5.41. The van der Waals surface area contributed by atoms with Crippen LogP contribution >= 0.6 is 11.3 Å². The summed E-state index contributed by atoms with van der Waals surface area (Å²) in [5.41, 5.74) is 2.74. The SMILES string of the molecule is CCCn1nncc1C(NC)c1cc2c(s1)CCCC2. The van der Waals surface area contributed by atoms with E-state index in [1.54, 1.807) is 10.4 Å². The molecule has 0 spiro atoms. The van der Waals surface area contributed by atoms with Gasteiger partial charge in [0.25, 0.3) is 0 Å². The Morgan fingerprint density at radius 1 is 1.40 bits per heavy atom. The predicted octanol–water partition coefficient (Wildman–Crippen LogP) is 2.94. The predicted molar refractivity (Wildman–Crippen MR) is 82.2 cm³/mol. The molecule has 0 radical (unpaired) electrons. The highest BCUT2D eigenvalue weighted by molar-refractivity contribution is 7.12. The number of hydrogen-bond donors (Lipinski definition) is 1. The van der Waals surface area contributed by atoms with E-state index in [2.05, 4.69) is 28.6 Å². The minimum atomic E-state index is 0.215. The number of hydrogen-bond acceptors (Lipinski definition) is 4. The summed E-state index contributed by atoms with van der Waals surface area (Å²) in [6.45, 7) is 3.10. The summed E-state index contributed by atoms with van der Waals surface area (Å²) >= 11 is 1.96. The van der Waals surface area contributed by atoms with Gasteiger partial charge in [0.1, 0.15) is 0 Å². The van der Waals surface area contributed by atoms with E-state index in [1.165, 1.54) is 36.3 Å². The van der Waals surface area contributed by atoms with E-state index in [4.69, 9.17) is 0 Å². The lowest BCUT2D eigenvalue weighted by molar-refractivity contribution is 0.526. The molecule has 0 bridgehead atoms. The Kier molecular flexibility index (Phi) is 4.17. The van der Waals surface area contributed by atoms with Gasteiger partial charge in [0.05, 0.1) is 17.9 Å². The first-order valence-electron chi connectivity index (χ1n) is 7.50. The second-order valence-corrected chi connectivity index (χ2v) is 6.58. The maximum absolute atomic E-state index is 4.21. The third kappa shape index (κ3) is 2.52. The van der Waals surface area contributed by atoms with E-state index in [1.807, 2.05) is 29.3 Å². The molecule has 0 saturated carbocycles. The van der Waals surface area contributed by atoms with Crippen LogP contribution in [0.5, 0.6) is 0 Å². The third-order valence-electron chi connectivity index (χ3n) is 3.97. The molecular formula is C15H22N4S. The largest absolute Gasteiger partial charge is 0.307 e. The van der Waals surface area contributed by atoms with Gasteiger partial charge in [0, 0.05) is 16.3 Å². The van der Waals surface area contributed by atoms with E-state index in [-0.39, 0.29) is 6.04 Å². The van der Waals surface area contributed by atoms with Crippen LogP contribution in [0.1, 0.15) is 53.2 Å². The lowest BCUT2D eigenvalue weighted by Gasteiger charge is -2.15. The van der Waals surface area contributed by atoms with Gasteiger partial charge in [-0.25, -0.2) is 4.68 Å². The molecule has 4 nitrogen and oxygen atoms in total. The van der Waals surface area contributed by atoms with Gasteiger partial charge in [-0.2, -0.15) is 0 Å². The van der Waals surface area contributed by atoms with Crippen molar-refractivity contribution in [2.24, 2.45) is 0 Å². The average molecular weight is 290 g/mol. The second kappa shape index (κ2) is 6.06. The summed E-state index contributed by atoms with van der Waals surface area (Å²) in [6, 6.07) is 2.61. The summed E-state index contributed by atoms with van der Waals surface area (Å²) in [6.07, 6.45) is 8.15. The van der Waals surface area contributed by atoms with E-state index < -0.39 is 0 Å². The lowest BCUT2D eigenvalue weighted by atomic mass is 9.98. The number of nitrogens with zero attached hydrogens (tertiary/aromatic N) is 3. The fraction of sp³-hybridized carbons (Fsp3) is 0.600. The Balaban J connectivity index is 1.92. The van der Waals surface area contributed by atoms with Crippen molar-refractivity contribution in [1.29, 1.82) is 0 Å². The van der Waals surface area contributed by atoms with Crippen molar-refractivity contribution in [3.8, 4) is 0 Å². The zero-order valence-corrected chi connectivity index (χ0v) is 13.0. The third-order valence-corrected chi connectivity index (χ3v) is 5.27. The molecule has 0 amide bonds. The molecule has 1 unspecified atom stereocenters. The molecule has 2 aromatic rings. The molecule has 1 aliphatic carbocycles. The molecule has 0 saturated heterocycles. The maximum atomic E-state index is 4.21. The molecule has 1 aliphatic rings. The van der Waals surface area contributed by atoms with Crippen molar-refractivity contribution in [3.05, 3.63) is 33.3 Å². The molecule has 0 aromatic carbocycles. The van der Waals surface area contributed by atoms with Crippen molar-refractivity contribution in [1.82, 2.24) is 20.3 Å². The summed E-state index contributed by atoms with van der Waals surface area (Å²) in [7, 11) is 2.02. The standard InChI is InChI=1S/C15H22N4S/c1-3-8-19-12(10-17-18-19)15(16-2)14-9-11-6-4-5-7-13(11)20-14/h9-10,15-16H,3-8H2,1-2H3. The van der Waals surface area contributed by atoms with Crippen LogP contribution in [0.2, 0.25) is 0 Å². The van der Waals surface area contributed by atoms with Crippen molar-refractivity contribution < 1.29 is 0 Å². The Labute approximate surface area is 124 Å². The minimum absolute atomic E-state index is 0.215. The van der Waals surface area contributed by atoms with Crippen LogP contribution in [0.3, 0.4) is 0 Å². The molecule has 5 heteroatoms. The molecule has 20 heavy (non-hydrogen) atoms. The summed E-state index contributed by atoms with van der Waals surface area (Å²) in [5, 5.41) is 11.7. The Morgan fingerprint density at radius 3 is 3.00 bits per heavy atom. The van der Waals surface area contributed by atoms with Gasteiger partial charge in [-0.05, 0) is 50.8 Å². The number of nitrogens with one attached hydrogen (secondary N) is 1. The Morgan fingerprint density at radius 2 is 2.25 bits per heavy atom. The number of thiophene rings is 1. The number of rotatable bonds is 5. The first-order chi connectivity index (χ1) is 9.83. The molecule has 3 rings (SSSR count). The smallest absolute Gasteiger partial charge is 0.0856 e. The van der Waals surface area contributed by atoms with Crippen molar-refractivity contribution in [3.63, 3.8) is 0 Å². The van der Waals surface area contributed by atoms with Gasteiger partial charge in [0.2, 0.25) is 0 Å². The van der Waals surface area contributed by atoms with E-state index in [0.717, 1.165) is 13.0 Å². The van der Waals surface area contributed by atoms with Crippen LogP contribution in [0.25, 0.3) is 0 Å². The van der Waals surface area contributed by atoms with Gasteiger partial charge >= 0.3 is 0 Å². The average Bonchev–Trinajstić information content (AvgIpc) is 3.07. The normalized spacial score (nSPS) is 16.1. The van der Waals surface area contributed by atoms with Gasteiger partial charge < -0.3 is 5.32 Å². The van der Waals surface area contributed by atoms with Gasteiger partial charge in [-0.1, -0.05) is 12.1 Å². The van der Waals surface area contributed by atoms with Crippen LogP contribution in [-0.4, -0.2) is 22.0 Å². The fourth-order valence-electron chi connectivity index (χ4n) is 2.97. The highest BCUT2D eigenvalue weighted by Gasteiger charge is 2.22. The molecule has 108 valence electrons. The van der Waals surface area contributed by atoms with Crippen LogP contribution in [-0.2, 0) is 19.4 Å². The first kappa shape index (κ1) is 13.8. The quantitative estimate of drug-likeness (QED) is 0.920. The summed E-state index contributed by atoms with van der Waals surface area (Å²) in [4.78, 5) is 2.99. The zero-order chi connectivity index (χ0) is 13.9. The fourth-order valence-corrected chi connectivity index (χ4v) is 4.35. The van der Waals surface area contributed by atoms with Crippen molar-refractivity contribution in [2.45, 2.75) is 51.6 Å². The molecular weight excluding hydrogens is 268 g/mol. The topological polar surface area (TPSA) is 42.7 Å². The molecule has 0 aliphatic heterocycles. The summed E-state index contributed by atoms with van der Waals surface area (Å²) in [5.74, 6) is 0. The van der Waals surface area contributed by atoms with Gasteiger partial charge in [-0.15, -0.1) is 16.4 Å². The summed E-state index contributed by atoms with van der Waals surface area (Å²) < 4.78 is 2.03. The molecule has 2 heterocycles. The highest BCUT2D eigenvalue weighted by atomic mass is 32.1. The van der Waals surface area contributed by atoms with Crippen molar-refractivity contribution >= 4 is 11.3 Å². The Bertz CT molecular complexity index is 549. The zero-order valence-electron chi connectivity index (χ0n) is 12.2. The molecule has 1 N–H and O–H groups in total. The van der Waals surface area contributed by atoms with Crippen LogP contribution in [0.4, 0.5) is 0 Å². The van der Waals surface area contributed by atoms with Crippen LogP contribution in [0.15, 0.2) is 12.3 Å².